The maximum Gasteiger partial charge on any atom is 0.311 e. The first-order chi connectivity index (χ1) is 13.4. The van der Waals surface area contributed by atoms with Crippen molar-refractivity contribution >= 4 is 23.9 Å². The molecule has 2 fully saturated rings. The van der Waals surface area contributed by atoms with Gasteiger partial charge in [-0.1, -0.05) is 6.92 Å². The van der Waals surface area contributed by atoms with Crippen LogP contribution in [0.5, 0.6) is 0 Å². The second kappa shape index (κ2) is 8.71. The normalized spacial score (nSPS) is 28.4. The Morgan fingerprint density at radius 2 is 1.72 bits per heavy atom. The van der Waals surface area contributed by atoms with Crippen molar-refractivity contribution in [3.8, 4) is 0 Å². The molecule has 0 amide bonds. The summed E-state index contributed by atoms with van der Waals surface area (Å²) in [6.07, 6.45) is 2.06. The molecule has 2 aliphatic rings. The highest BCUT2D eigenvalue weighted by molar-refractivity contribution is 5.79. The molecule has 3 unspecified atom stereocenters. The van der Waals surface area contributed by atoms with E-state index >= 15 is 0 Å². The molecule has 164 valence electrons. The number of fused-ring (bicyclic) bond motifs is 2. The van der Waals surface area contributed by atoms with E-state index in [1.165, 1.54) is 0 Å². The monoisotopic (exact) mass is 412 g/mol. The molecular weight excluding hydrogens is 380 g/mol. The number of ether oxygens (including phenoxy) is 4. The van der Waals surface area contributed by atoms with E-state index in [0.717, 1.165) is 0 Å². The molecule has 1 heterocycles. The molecule has 1 aliphatic carbocycles. The zero-order valence-corrected chi connectivity index (χ0v) is 18.0. The van der Waals surface area contributed by atoms with E-state index in [-0.39, 0.29) is 43.9 Å². The smallest absolute Gasteiger partial charge is 0.311 e. The highest BCUT2D eigenvalue weighted by Gasteiger charge is 2.60. The maximum absolute atomic E-state index is 12.2. The van der Waals surface area contributed by atoms with Gasteiger partial charge in [-0.25, -0.2) is 0 Å². The van der Waals surface area contributed by atoms with E-state index in [9.17, 15) is 19.2 Å². The minimum Gasteiger partial charge on any atom is -0.462 e. The lowest BCUT2D eigenvalue weighted by molar-refractivity contribution is -0.197. The molecule has 0 aromatic heterocycles. The van der Waals surface area contributed by atoms with Crippen molar-refractivity contribution in [3.05, 3.63) is 0 Å². The summed E-state index contributed by atoms with van der Waals surface area (Å²) in [6.45, 7) is 8.92. The zero-order chi connectivity index (χ0) is 21.9. The molecule has 0 aromatic rings. The van der Waals surface area contributed by atoms with Gasteiger partial charge < -0.3 is 18.9 Å². The van der Waals surface area contributed by atoms with Gasteiger partial charge in [0.2, 0.25) is 0 Å². The van der Waals surface area contributed by atoms with E-state index in [4.69, 9.17) is 18.9 Å². The molecule has 2 bridgehead atoms. The first kappa shape index (κ1) is 23.2. The Bertz CT molecular complexity index is 670. The third-order valence-electron chi connectivity index (χ3n) is 6.27. The van der Waals surface area contributed by atoms with Crippen LogP contribution in [0.3, 0.4) is 0 Å². The van der Waals surface area contributed by atoms with E-state index in [0.29, 0.717) is 25.7 Å². The average molecular weight is 412 g/mol. The number of esters is 4. The number of hydrogen-bond acceptors (Lipinski definition) is 8. The van der Waals surface area contributed by atoms with E-state index in [1.807, 2.05) is 6.92 Å². The van der Waals surface area contributed by atoms with Gasteiger partial charge >= 0.3 is 23.9 Å². The van der Waals surface area contributed by atoms with Gasteiger partial charge in [-0.05, 0) is 47.0 Å². The summed E-state index contributed by atoms with van der Waals surface area (Å²) in [5, 5.41) is 0. The Morgan fingerprint density at radius 1 is 1.10 bits per heavy atom. The van der Waals surface area contributed by atoms with E-state index in [1.54, 1.807) is 27.7 Å². The first-order valence-electron chi connectivity index (χ1n) is 10.2. The standard InChI is InChI=1S/C21H32O8/c1-6-19(2,3)18(25)27-12-11-26-15(22)7-8-16(23)28-20(4)10-9-14-13-21(20,5)29-17(14)24/h14H,6-13H2,1-5H3. The summed E-state index contributed by atoms with van der Waals surface area (Å²) in [5.41, 5.74) is -2.32. The van der Waals surface area contributed by atoms with Crippen LogP contribution in [-0.2, 0) is 38.1 Å². The molecule has 0 aromatic carbocycles. The van der Waals surface area contributed by atoms with Gasteiger partial charge in [0.25, 0.3) is 0 Å². The predicted molar refractivity (Wildman–Crippen MR) is 102 cm³/mol. The second-order valence-corrected chi connectivity index (χ2v) is 8.89. The third kappa shape index (κ3) is 5.28. The fourth-order valence-corrected chi connectivity index (χ4v) is 3.53. The van der Waals surface area contributed by atoms with Crippen molar-refractivity contribution in [1.29, 1.82) is 0 Å². The lowest BCUT2D eigenvalue weighted by Crippen LogP contribution is -2.54. The molecule has 0 radical (unpaired) electrons. The van der Waals surface area contributed by atoms with Gasteiger partial charge in [-0.3, -0.25) is 19.2 Å². The van der Waals surface area contributed by atoms with Crippen LogP contribution in [0.1, 0.15) is 73.1 Å². The van der Waals surface area contributed by atoms with Gasteiger partial charge in [0.05, 0.1) is 24.2 Å². The predicted octanol–water partition coefficient (Wildman–Crippen LogP) is 2.71. The first-order valence-corrected chi connectivity index (χ1v) is 10.2. The summed E-state index contributed by atoms with van der Waals surface area (Å²) in [6, 6.07) is 0. The van der Waals surface area contributed by atoms with Crippen molar-refractivity contribution in [2.45, 2.75) is 84.3 Å². The summed E-state index contributed by atoms with van der Waals surface area (Å²) in [4.78, 5) is 47.7. The van der Waals surface area contributed by atoms with Gasteiger partial charge in [-0.2, -0.15) is 0 Å². The minimum atomic E-state index is -0.906. The Hall–Kier alpha value is -2.12. The number of carbonyl (C=O) groups is 4. The molecule has 8 nitrogen and oxygen atoms in total. The lowest BCUT2D eigenvalue weighted by atomic mass is 9.71. The fourth-order valence-electron chi connectivity index (χ4n) is 3.53. The molecule has 1 aliphatic heterocycles. The third-order valence-corrected chi connectivity index (χ3v) is 6.27. The van der Waals surface area contributed by atoms with Crippen LogP contribution in [0.4, 0.5) is 0 Å². The Morgan fingerprint density at radius 3 is 2.38 bits per heavy atom. The molecule has 1 saturated carbocycles. The van der Waals surface area contributed by atoms with Crippen LogP contribution in [0.15, 0.2) is 0 Å². The van der Waals surface area contributed by atoms with Crippen LogP contribution in [0, 0.1) is 11.3 Å². The van der Waals surface area contributed by atoms with Crippen LogP contribution in [0.2, 0.25) is 0 Å². The summed E-state index contributed by atoms with van der Waals surface area (Å²) in [7, 11) is 0. The van der Waals surface area contributed by atoms with Crippen molar-refractivity contribution in [1.82, 2.24) is 0 Å². The number of rotatable bonds is 9. The minimum absolute atomic E-state index is 0.0264. The van der Waals surface area contributed by atoms with Crippen molar-refractivity contribution < 1.29 is 38.1 Å². The fraction of sp³-hybridized carbons (Fsp3) is 0.810. The van der Waals surface area contributed by atoms with Crippen LogP contribution >= 0.6 is 0 Å². The SMILES string of the molecule is CCC(C)(C)C(=O)OCCOC(=O)CCC(=O)OC1(C)CCC2CC1(C)OC2=O. The van der Waals surface area contributed by atoms with Crippen molar-refractivity contribution in [2.24, 2.45) is 11.3 Å². The molecule has 3 atom stereocenters. The van der Waals surface area contributed by atoms with Gasteiger partial charge in [-0.15, -0.1) is 0 Å². The number of hydrogen-bond donors (Lipinski definition) is 0. The van der Waals surface area contributed by atoms with E-state index < -0.39 is 28.6 Å². The molecule has 8 heteroatoms. The summed E-state index contributed by atoms with van der Waals surface area (Å²) >= 11 is 0. The van der Waals surface area contributed by atoms with E-state index in [2.05, 4.69) is 0 Å². The summed E-state index contributed by atoms with van der Waals surface area (Å²) < 4.78 is 21.2. The Labute approximate surface area is 171 Å². The van der Waals surface area contributed by atoms with Crippen LogP contribution < -0.4 is 0 Å². The largest absolute Gasteiger partial charge is 0.462 e. The second-order valence-electron chi connectivity index (χ2n) is 8.89. The maximum atomic E-state index is 12.2. The van der Waals surface area contributed by atoms with Crippen molar-refractivity contribution in [2.75, 3.05) is 13.2 Å². The molecule has 0 N–H and O–H groups in total. The highest BCUT2D eigenvalue weighted by atomic mass is 16.6. The Balaban J connectivity index is 1.69. The van der Waals surface area contributed by atoms with Gasteiger partial charge in [0.1, 0.15) is 24.4 Å². The molecular formula is C21H32O8. The average Bonchev–Trinajstić information content (AvgIpc) is 2.92. The van der Waals surface area contributed by atoms with Crippen LogP contribution in [-0.4, -0.2) is 48.3 Å². The quantitative estimate of drug-likeness (QED) is 0.323. The number of carbonyl (C=O) groups excluding carboxylic acids is 4. The van der Waals surface area contributed by atoms with Gasteiger partial charge in [0.15, 0.2) is 0 Å². The zero-order valence-electron chi connectivity index (χ0n) is 18.0. The Kier molecular flexibility index (Phi) is 6.96. The molecule has 0 spiro atoms. The topological polar surface area (TPSA) is 105 Å². The van der Waals surface area contributed by atoms with Gasteiger partial charge in [0, 0.05) is 6.42 Å². The summed E-state index contributed by atoms with van der Waals surface area (Å²) in [5.74, 6) is -1.82. The van der Waals surface area contributed by atoms with Crippen molar-refractivity contribution in [3.63, 3.8) is 0 Å². The molecule has 29 heavy (non-hydrogen) atoms. The highest BCUT2D eigenvalue weighted by Crippen LogP contribution is 2.50. The molecule has 1 saturated heterocycles. The van der Waals surface area contributed by atoms with Crippen LogP contribution in [0.25, 0.3) is 0 Å². The molecule has 2 rings (SSSR count). The lowest BCUT2D eigenvalue weighted by Gasteiger charge is -2.43.